The van der Waals surface area contributed by atoms with E-state index < -0.39 is 0 Å². The maximum atomic E-state index is 13.2. The lowest BCUT2D eigenvalue weighted by atomic mass is 9.68. The minimum atomic E-state index is -0.211. The van der Waals surface area contributed by atoms with Crippen LogP contribution in [0, 0.1) is 5.92 Å². The number of ether oxygens (including phenoxy) is 1. The van der Waals surface area contributed by atoms with Crippen molar-refractivity contribution < 1.29 is 19.4 Å². The minimum Gasteiger partial charge on any atom is -0.508 e. The van der Waals surface area contributed by atoms with Crippen LogP contribution in [0.3, 0.4) is 0 Å². The van der Waals surface area contributed by atoms with E-state index in [2.05, 4.69) is 29.7 Å². The summed E-state index contributed by atoms with van der Waals surface area (Å²) < 4.78 is 5.01. The van der Waals surface area contributed by atoms with Crippen LogP contribution in [0.4, 0.5) is 0 Å². The number of aromatic hydroxyl groups is 1. The molecule has 198 valence electrons. The Morgan fingerprint density at radius 1 is 1.20 bits per heavy atom. The highest BCUT2D eigenvalue weighted by Crippen LogP contribution is 2.40. The number of likely N-dealkylation sites (tertiary alicyclic amines) is 1. The average molecular weight is 509 g/mol. The first-order valence-electron chi connectivity index (χ1n) is 13.3. The fourth-order valence-corrected chi connectivity index (χ4v) is 5.72. The lowest BCUT2D eigenvalue weighted by Gasteiger charge is -2.46. The van der Waals surface area contributed by atoms with Crippen LogP contribution >= 0.6 is 12.4 Å². The zero-order chi connectivity index (χ0) is 24.6. The Hall–Kier alpha value is -1.79. The topological polar surface area (TPSA) is 70.1 Å². The van der Waals surface area contributed by atoms with Gasteiger partial charge in [0.2, 0.25) is 5.91 Å². The summed E-state index contributed by atoms with van der Waals surface area (Å²) in [5.74, 6) is 0.756. The van der Waals surface area contributed by atoms with Gasteiger partial charge in [0.05, 0.1) is 6.61 Å². The van der Waals surface area contributed by atoms with E-state index in [4.69, 9.17) is 4.74 Å². The average Bonchev–Trinajstić information content (AvgIpc) is 2.82. The van der Waals surface area contributed by atoms with E-state index in [1.54, 1.807) is 6.07 Å². The van der Waals surface area contributed by atoms with Crippen LogP contribution in [-0.2, 0) is 19.7 Å². The summed E-state index contributed by atoms with van der Waals surface area (Å²) in [5, 5.41) is 9.96. The maximum absolute atomic E-state index is 13.2. The summed E-state index contributed by atoms with van der Waals surface area (Å²) in [6.45, 7) is 10.4. The number of hydrogen-bond acceptors (Lipinski definition) is 5. The first-order valence-corrected chi connectivity index (χ1v) is 13.3. The highest BCUT2D eigenvalue weighted by atomic mass is 35.5. The number of piperidine rings is 1. The van der Waals surface area contributed by atoms with E-state index >= 15 is 0 Å². The highest BCUT2D eigenvalue weighted by Gasteiger charge is 2.38. The maximum Gasteiger partial charge on any atom is 0.305 e. The summed E-state index contributed by atoms with van der Waals surface area (Å²) in [7, 11) is 0. The van der Waals surface area contributed by atoms with Gasteiger partial charge >= 0.3 is 5.97 Å². The molecule has 7 heteroatoms. The predicted molar refractivity (Wildman–Crippen MR) is 142 cm³/mol. The third-order valence-electron chi connectivity index (χ3n) is 8.14. The van der Waals surface area contributed by atoms with Gasteiger partial charge < -0.3 is 19.6 Å². The van der Waals surface area contributed by atoms with Crippen molar-refractivity contribution >= 4 is 24.3 Å². The van der Waals surface area contributed by atoms with Gasteiger partial charge in [0.15, 0.2) is 0 Å². The number of rotatable bonds is 10. The molecular formula is C28H45ClN2O4. The summed E-state index contributed by atoms with van der Waals surface area (Å²) >= 11 is 0. The van der Waals surface area contributed by atoms with E-state index in [0.29, 0.717) is 43.6 Å². The third-order valence-corrected chi connectivity index (χ3v) is 8.14. The van der Waals surface area contributed by atoms with Crippen molar-refractivity contribution in [1.29, 1.82) is 0 Å². The summed E-state index contributed by atoms with van der Waals surface area (Å²) in [4.78, 5) is 29.5. The fourth-order valence-electron chi connectivity index (χ4n) is 5.72. The standard InChI is InChI=1S/C28H44N2O4.ClH/c1-4-34-27(33)15-9-14-26(32)30(24-11-6-5-7-12-24)19-18-29-17-16-28(3,22(2)21-29)23-10-8-13-25(31)20-23;/h8,10,13,20,22,24,31H,4-7,9,11-12,14-19,21H2,1-3H3;1H/t22-,28-;/m0./s1. The number of esters is 1. The van der Waals surface area contributed by atoms with Crippen LogP contribution in [-0.4, -0.2) is 65.6 Å². The van der Waals surface area contributed by atoms with Crippen molar-refractivity contribution in [3.8, 4) is 5.75 Å². The van der Waals surface area contributed by atoms with Crippen molar-refractivity contribution in [3.05, 3.63) is 29.8 Å². The molecule has 3 rings (SSSR count). The second kappa shape index (κ2) is 14.1. The Morgan fingerprint density at radius 2 is 1.94 bits per heavy atom. The monoisotopic (exact) mass is 508 g/mol. The van der Waals surface area contributed by atoms with Gasteiger partial charge in [0, 0.05) is 38.5 Å². The van der Waals surface area contributed by atoms with E-state index in [9.17, 15) is 14.7 Å². The highest BCUT2D eigenvalue weighted by molar-refractivity contribution is 5.85. The molecule has 1 saturated carbocycles. The van der Waals surface area contributed by atoms with Gasteiger partial charge in [-0.05, 0) is 68.2 Å². The SMILES string of the molecule is CCOC(=O)CCCC(=O)N(CCN1CC[C@](C)(c2cccc(O)c2)[C@@H](C)C1)C1CCCCC1.Cl. The molecule has 1 amide bonds. The van der Waals surface area contributed by atoms with E-state index in [1.165, 1.54) is 24.8 Å². The molecule has 2 fully saturated rings. The molecule has 6 nitrogen and oxygen atoms in total. The van der Waals surface area contributed by atoms with Gasteiger partial charge in [0.25, 0.3) is 0 Å². The Balaban J connectivity index is 0.00000432. The van der Waals surface area contributed by atoms with Gasteiger partial charge in [-0.3, -0.25) is 9.59 Å². The van der Waals surface area contributed by atoms with Crippen LogP contribution < -0.4 is 0 Å². The smallest absolute Gasteiger partial charge is 0.305 e. The van der Waals surface area contributed by atoms with Crippen LogP contribution in [0.1, 0.15) is 84.1 Å². The molecule has 0 unspecified atom stereocenters. The lowest BCUT2D eigenvalue weighted by Crippen LogP contribution is -2.51. The van der Waals surface area contributed by atoms with Gasteiger partial charge in [0.1, 0.15) is 5.75 Å². The molecule has 0 aromatic heterocycles. The van der Waals surface area contributed by atoms with Crippen molar-refractivity contribution in [1.82, 2.24) is 9.80 Å². The fraction of sp³-hybridized carbons (Fsp3) is 0.714. The van der Waals surface area contributed by atoms with Gasteiger partial charge in [-0.2, -0.15) is 0 Å². The molecule has 0 bridgehead atoms. The van der Waals surface area contributed by atoms with E-state index in [-0.39, 0.29) is 29.7 Å². The number of nitrogens with zero attached hydrogens (tertiary/aromatic N) is 2. The Labute approximate surface area is 217 Å². The molecule has 1 saturated heterocycles. The number of benzene rings is 1. The number of amides is 1. The summed E-state index contributed by atoms with van der Waals surface area (Å²) in [5.41, 5.74) is 1.25. The molecular weight excluding hydrogens is 464 g/mol. The molecule has 1 aliphatic carbocycles. The van der Waals surface area contributed by atoms with Crippen molar-refractivity contribution in [2.75, 3.05) is 32.8 Å². The summed E-state index contributed by atoms with van der Waals surface area (Å²) in [6.07, 6.45) is 8.17. The number of carbonyl (C=O) groups excluding carboxylic acids is 2. The first-order chi connectivity index (χ1) is 16.3. The molecule has 1 aromatic carbocycles. The molecule has 1 aromatic rings. The minimum absolute atomic E-state index is 0. The van der Waals surface area contributed by atoms with Crippen LogP contribution in [0.15, 0.2) is 24.3 Å². The van der Waals surface area contributed by atoms with Crippen LogP contribution in [0.5, 0.6) is 5.75 Å². The predicted octanol–water partition coefficient (Wildman–Crippen LogP) is 5.31. The number of phenols is 1. The Kier molecular flexibility index (Phi) is 11.8. The molecule has 0 spiro atoms. The second-order valence-corrected chi connectivity index (χ2v) is 10.5. The second-order valence-electron chi connectivity index (χ2n) is 10.5. The number of hydrogen-bond donors (Lipinski definition) is 1. The molecule has 2 atom stereocenters. The molecule has 1 aliphatic heterocycles. The van der Waals surface area contributed by atoms with Crippen LogP contribution in [0.2, 0.25) is 0 Å². The summed E-state index contributed by atoms with van der Waals surface area (Å²) in [6, 6.07) is 8.04. The number of halogens is 1. The molecule has 1 heterocycles. The largest absolute Gasteiger partial charge is 0.508 e. The van der Waals surface area contributed by atoms with Gasteiger partial charge in [-0.15, -0.1) is 12.4 Å². The normalized spacial score (nSPS) is 23.3. The molecule has 0 radical (unpaired) electrons. The third kappa shape index (κ3) is 8.11. The Morgan fingerprint density at radius 3 is 2.60 bits per heavy atom. The lowest BCUT2D eigenvalue weighted by molar-refractivity contribution is -0.143. The zero-order valence-corrected chi connectivity index (χ0v) is 22.7. The van der Waals surface area contributed by atoms with Gasteiger partial charge in [-0.25, -0.2) is 0 Å². The van der Waals surface area contributed by atoms with Gasteiger partial charge in [-0.1, -0.05) is 45.2 Å². The quantitative estimate of drug-likeness (QED) is 0.434. The van der Waals surface area contributed by atoms with Crippen molar-refractivity contribution in [2.24, 2.45) is 5.92 Å². The van der Waals surface area contributed by atoms with Crippen LogP contribution in [0.25, 0.3) is 0 Å². The molecule has 2 aliphatic rings. The zero-order valence-electron chi connectivity index (χ0n) is 21.8. The molecule has 1 N–H and O–H groups in total. The first kappa shape index (κ1) is 29.4. The van der Waals surface area contributed by atoms with E-state index in [0.717, 1.165) is 45.4 Å². The van der Waals surface area contributed by atoms with Crippen molar-refractivity contribution in [2.45, 2.75) is 90.0 Å². The Bertz CT molecular complexity index is 814. The number of phenolic OH excluding ortho intramolecular Hbond substituents is 1. The number of carbonyl (C=O) groups is 2. The van der Waals surface area contributed by atoms with E-state index in [1.807, 2.05) is 19.1 Å². The molecule has 35 heavy (non-hydrogen) atoms. The van der Waals surface area contributed by atoms with Crippen molar-refractivity contribution in [3.63, 3.8) is 0 Å².